The highest BCUT2D eigenvalue weighted by Crippen LogP contribution is 2.48. The van der Waals surface area contributed by atoms with Gasteiger partial charge >= 0.3 is 0 Å². The zero-order chi connectivity index (χ0) is 45.4. The summed E-state index contributed by atoms with van der Waals surface area (Å²) in [6.07, 6.45) is -2.96. The lowest BCUT2D eigenvalue weighted by Gasteiger charge is -2.19. The molecule has 0 spiro atoms. The van der Waals surface area contributed by atoms with E-state index in [9.17, 15) is 5.48 Å². The molecule has 7 aromatic carbocycles. The van der Waals surface area contributed by atoms with Crippen LogP contribution in [0.2, 0.25) is 0 Å². The van der Waals surface area contributed by atoms with Crippen LogP contribution in [0.25, 0.3) is 82.4 Å². The molecular weight excluding hydrogens is 544 g/mol. The molecule has 1 nitrogen and oxygen atoms in total. The van der Waals surface area contributed by atoms with Crippen LogP contribution in [0.1, 0.15) is 43.0 Å². The summed E-state index contributed by atoms with van der Waals surface area (Å²) in [6, 6.07) is 6.57. The summed E-state index contributed by atoms with van der Waals surface area (Å²) in [4.78, 5) is 0. The summed E-state index contributed by atoms with van der Waals surface area (Å²) in [6.45, 7) is 0. The van der Waals surface area contributed by atoms with E-state index in [1.54, 1.807) is 24.3 Å². The quantitative estimate of drug-likeness (QED) is 0.185. The highest BCUT2D eigenvalue weighted by atomic mass is 16.3. The topological polar surface area (TPSA) is 13.1 Å². The fourth-order valence-corrected chi connectivity index (χ4v) is 6.08. The van der Waals surface area contributed by atoms with Crippen molar-refractivity contribution < 1.29 is 29.1 Å². The lowest BCUT2D eigenvalue weighted by atomic mass is 9.83. The van der Waals surface area contributed by atoms with Gasteiger partial charge in [-0.1, -0.05) is 133 Å². The standard InChI is InChI=1S/C44H30O/c1-3-14-29(15-4-1)31-18-13-19-32(26-31)42-34-20-7-9-22-36(34)43(37-23-10-8-21-35(37)42)39-27-33(30-16-5-2-6-17-30)28-41-44(39)38-24-11-12-25-40(38)45-41/h2-3,5-28H,1,4H2/i1D,2D,3D,4D,5D,6D,7D,8D,9D,10D,14D,15D,16D,17D,20D,21D,22D,23D. The number of para-hydroxylation sites is 1. The summed E-state index contributed by atoms with van der Waals surface area (Å²) in [5.74, 6) is 0. The lowest BCUT2D eigenvalue weighted by Crippen LogP contribution is -1.93. The molecule has 1 aliphatic carbocycles. The van der Waals surface area contributed by atoms with Gasteiger partial charge in [0.15, 0.2) is 0 Å². The second-order valence-corrected chi connectivity index (χ2v) is 10.4. The predicted octanol–water partition coefficient (Wildman–Crippen LogP) is 12.6. The Morgan fingerprint density at radius 3 is 2.00 bits per heavy atom. The highest BCUT2D eigenvalue weighted by Gasteiger charge is 2.21. The maximum absolute atomic E-state index is 9.53. The first kappa shape index (κ1) is 13.5. The fraction of sp³-hybridized carbons (Fsp3) is 0.0455. The number of hydrogen-bond acceptors (Lipinski definition) is 1. The van der Waals surface area contributed by atoms with Crippen molar-refractivity contribution in [1.82, 2.24) is 0 Å². The molecule has 1 aromatic heterocycles. The Morgan fingerprint density at radius 1 is 0.533 bits per heavy atom. The summed E-state index contributed by atoms with van der Waals surface area (Å²) < 4.78 is 165. The van der Waals surface area contributed by atoms with Crippen molar-refractivity contribution in [3.05, 3.63) is 163 Å². The number of hydrogen-bond donors (Lipinski definition) is 0. The average Bonchev–Trinajstić information content (AvgIpc) is 3.66. The van der Waals surface area contributed by atoms with Crippen molar-refractivity contribution in [3.8, 4) is 33.4 Å². The molecule has 0 aliphatic heterocycles. The third-order valence-corrected chi connectivity index (χ3v) is 7.94. The molecule has 2 atom stereocenters. The lowest BCUT2D eigenvalue weighted by molar-refractivity contribution is 0.669. The van der Waals surface area contributed by atoms with E-state index >= 15 is 0 Å². The SMILES string of the molecule is [2H]C1=C([2H])C([2H])C([2H])C([2H])=C1c1cccc(-c2c3c([2H])c([2H])c([2H])c([2H])c3c(-c3cc(-c4c([2H])c([2H])c([2H])c([2H])c4[2H])cc4oc5ccccc5c34)c3c([2H])c([2H])c([2H])c([2H])c23)c1. The molecule has 0 N–H and O–H groups in total. The Hall–Kier alpha value is -5.66. The Bertz CT molecular complexity index is 3350. The Morgan fingerprint density at radius 2 is 1.22 bits per heavy atom. The zero-order valence-corrected chi connectivity index (χ0v) is 23.3. The van der Waals surface area contributed by atoms with E-state index in [1.807, 2.05) is 0 Å². The summed E-state index contributed by atoms with van der Waals surface area (Å²) in [5.41, 5.74) is 0.486. The molecule has 0 amide bonds. The minimum absolute atomic E-state index is 0.0509. The molecule has 0 bridgehead atoms. The van der Waals surface area contributed by atoms with Crippen LogP contribution in [-0.2, 0) is 0 Å². The first-order valence-electron chi connectivity index (χ1n) is 23.3. The van der Waals surface area contributed by atoms with Crippen molar-refractivity contribution in [2.75, 3.05) is 0 Å². The van der Waals surface area contributed by atoms with E-state index in [0.29, 0.717) is 16.4 Å². The van der Waals surface area contributed by atoms with Gasteiger partial charge in [-0.2, -0.15) is 0 Å². The molecule has 0 radical (unpaired) electrons. The van der Waals surface area contributed by atoms with E-state index in [4.69, 9.17) is 23.6 Å². The number of furan rings is 1. The van der Waals surface area contributed by atoms with Gasteiger partial charge in [-0.3, -0.25) is 0 Å². The number of allylic oxidation sites excluding steroid dienone is 4. The minimum Gasteiger partial charge on any atom is -0.456 e. The second-order valence-electron chi connectivity index (χ2n) is 10.4. The summed E-state index contributed by atoms with van der Waals surface area (Å²) >= 11 is 0. The molecule has 1 heteroatoms. The van der Waals surface area contributed by atoms with Gasteiger partial charge in [0.25, 0.3) is 0 Å². The maximum atomic E-state index is 9.53. The van der Waals surface area contributed by atoms with Gasteiger partial charge in [0.05, 0.1) is 21.9 Å². The number of fused-ring (bicyclic) bond motifs is 5. The molecule has 9 rings (SSSR count). The third-order valence-electron chi connectivity index (χ3n) is 7.94. The van der Waals surface area contributed by atoms with E-state index in [2.05, 4.69) is 0 Å². The van der Waals surface area contributed by atoms with Gasteiger partial charge in [-0.15, -0.1) is 0 Å². The van der Waals surface area contributed by atoms with Gasteiger partial charge in [0.2, 0.25) is 0 Å². The third kappa shape index (κ3) is 4.24. The van der Waals surface area contributed by atoms with Gasteiger partial charge in [0, 0.05) is 13.5 Å². The van der Waals surface area contributed by atoms with E-state index < -0.39 is 110 Å². The zero-order valence-electron chi connectivity index (χ0n) is 41.3. The van der Waals surface area contributed by atoms with Gasteiger partial charge < -0.3 is 4.42 Å². The Kier molecular flexibility index (Phi) is 3.16. The molecule has 0 saturated heterocycles. The van der Waals surface area contributed by atoms with Crippen molar-refractivity contribution in [2.24, 2.45) is 0 Å². The second kappa shape index (κ2) is 10.5. The van der Waals surface area contributed by atoms with Crippen molar-refractivity contribution in [3.63, 3.8) is 0 Å². The minimum atomic E-state index is -1.49. The first-order chi connectivity index (χ1) is 29.8. The predicted molar refractivity (Wildman–Crippen MR) is 191 cm³/mol. The first-order valence-corrected chi connectivity index (χ1v) is 14.1. The van der Waals surface area contributed by atoms with Crippen LogP contribution >= 0.6 is 0 Å². The molecule has 1 heterocycles. The Balaban J connectivity index is 1.54. The van der Waals surface area contributed by atoms with Gasteiger partial charge in [0.1, 0.15) is 11.2 Å². The molecular formula is C44H30O. The molecule has 0 fully saturated rings. The Labute approximate surface area is 287 Å². The maximum Gasteiger partial charge on any atom is 0.136 e. The highest BCUT2D eigenvalue weighted by molar-refractivity contribution is 6.26. The van der Waals surface area contributed by atoms with Crippen molar-refractivity contribution in [2.45, 2.75) is 12.8 Å². The van der Waals surface area contributed by atoms with Crippen LogP contribution in [-0.4, -0.2) is 0 Å². The van der Waals surface area contributed by atoms with E-state index in [-0.39, 0.29) is 71.6 Å². The monoisotopic (exact) mass is 592 g/mol. The van der Waals surface area contributed by atoms with Crippen LogP contribution in [0.5, 0.6) is 0 Å². The molecule has 8 aromatic rings. The van der Waals surface area contributed by atoms with Gasteiger partial charge in [-0.25, -0.2) is 0 Å². The summed E-state index contributed by atoms with van der Waals surface area (Å²) in [5, 5.41) is 0.133. The molecule has 1 aliphatic rings. The van der Waals surface area contributed by atoms with E-state index in [0.717, 1.165) is 0 Å². The summed E-state index contributed by atoms with van der Waals surface area (Å²) in [7, 11) is 0. The smallest absolute Gasteiger partial charge is 0.136 e. The van der Waals surface area contributed by atoms with E-state index in [1.165, 1.54) is 36.4 Å². The van der Waals surface area contributed by atoms with Crippen LogP contribution in [0.3, 0.4) is 0 Å². The molecule has 2 unspecified atom stereocenters. The van der Waals surface area contributed by atoms with Crippen molar-refractivity contribution in [1.29, 1.82) is 0 Å². The number of benzene rings is 7. The number of rotatable bonds is 4. The van der Waals surface area contributed by atoms with Crippen LogP contribution < -0.4 is 0 Å². The van der Waals surface area contributed by atoms with Gasteiger partial charge in [-0.05, 0) is 103 Å². The molecule has 212 valence electrons. The molecule has 45 heavy (non-hydrogen) atoms. The van der Waals surface area contributed by atoms with Crippen LogP contribution in [0, 0.1) is 0 Å². The average molecular weight is 593 g/mol. The normalized spacial score (nSPS) is 22.8. The largest absolute Gasteiger partial charge is 0.456 e. The fourth-order valence-electron chi connectivity index (χ4n) is 6.08. The van der Waals surface area contributed by atoms with Crippen LogP contribution in [0.15, 0.2) is 162 Å². The van der Waals surface area contributed by atoms with Crippen molar-refractivity contribution >= 4 is 49.1 Å². The van der Waals surface area contributed by atoms with Crippen LogP contribution in [0.4, 0.5) is 0 Å². The molecule has 0 saturated carbocycles.